The second-order valence-corrected chi connectivity index (χ2v) is 8.54. The molecule has 1 amide bonds. The topological polar surface area (TPSA) is 81.4 Å². The van der Waals surface area contributed by atoms with Gasteiger partial charge < -0.3 is 10.1 Å². The molecule has 0 saturated heterocycles. The number of hydrogen-bond acceptors (Lipinski definition) is 6. The van der Waals surface area contributed by atoms with Crippen LogP contribution in [-0.4, -0.2) is 38.4 Å². The Kier molecular flexibility index (Phi) is 6.41. The van der Waals surface area contributed by atoms with Crippen LogP contribution in [0.5, 0.6) is 5.75 Å². The zero-order valence-corrected chi connectivity index (χ0v) is 19.4. The van der Waals surface area contributed by atoms with Crippen molar-refractivity contribution in [1.29, 1.82) is 0 Å². The van der Waals surface area contributed by atoms with Gasteiger partial charge in [-0.1, -0.05) is 47.7 Å². The van der Waals surface area contributed by atoms with Crippen LogP contribution in [0.15, 0.2) is 53.7 Å². The van der Waals surface area contributed by atoms with Crippen molar-refractivity contribution in [1.82, 2.24) is 19.6 Å². The highest BCUT2D eigenvalue weighted by Gasteiger charge is 2.15. The molecule has 0 unspecified atom stereocenters. The van der Waals surface area contributed by atoms with E-state index >= 15 is 0 Å². The lowest BCUT2D eigenvalue weighted by molar-refractivity contribution is -0.113. The van der Waals surface area contributed by atoms with E-state index in [1.54, 1.807) is 17.7 Å². The number of thioether (sulfide) groups is 1. The predicted octanol–water partition coefficient (Wildman–Crippen LogP) is 4.38. The van der Waals surface area contributed by atoms with E-state index in [9.17, 15) is 4.79 Å². The third-order valence-electron chi connectivity index (χ3n) is 5.18. The Labute approximate surface area is 191 Å². The lowest BCUT2D eigenvalue weighted by Crippen LogP contribution is -2.14. The molecule has 1 N–H and O–H groups in total. The fourth-order valence-corrected chi connectivity index (χ4v) is 4.18. The van der Waals surface area contributed by atoms with Crippen LogP contribution in [0.3, 0.4) is 0 Å². The molecule has 2 aromatic carbocycles. The summed E-state index contributed by atoms with van der Waals surface area (Å²) in [5.41, 5.74) is 6.25. The van der Waals surface area contributed by atoms with Crippen LogP contribution in [0.4, 0.5) is 5.69 Å². The van der Waals surface area contributed by atoms with Gasteiger partial charge in [0, 0.05) is 29.6 Å². The average Bonchev–Trinajstić information content (AvgIpc) is 3.18. The van der Waals surface area contributed by atoms with Crippen molar-refractivity contribution in [2.75, 3.05) is 18.2 Å². The average molecular weight is 448 g/mol. The number of rotatable bonds is 7. The Balaban J connectivity index is 1.48. The minimum atomic E-state index is -0.136. The minimum absolute atomic E-state index is 0.136. The molecule has 0 aliphatic heterocycles. The Morgan fingerprint density at radius 3 is 2.69 bits per heavy atom. The van der Waals surface area contributed by atoms with Gasteiger partial charge >= 0.3 is 0 Å². The summed E-state index contributed by atoms with van der Waals surface area (Å²) in [6, 6.07) is 15.7. The first kappa shape index (κ1) is 21.8. The molecule has 0 saturated carbocycles. The van der Waals surface area contributed by atoms with E-state index in [2.05, 4.69) is 51.6 Å². The molecule has 4 aromatic rings. The minimum Gasteiger partial charge on any atom is -0.497 e. The largest absolute Gasteiger partial charge is 0.497 e. The summed E-state index contributed by atoms with van der Waals surface area (Å²) in [4.78, 5) is 21.5. The Hall–Kier alpha value is -3.39. The molecule has 0 aliphatic rings. The Morgan fingerprint density at radius 1 is 1.09 bits per heavy atom. The molecule has 0 bridgehead atoms. The van der Waals surface area contributed by atoms with Crippen LogP contribution < -0.4 is 10.1 Å². The number of nitrogens with zero attached hydrogens (tertiary/aromatic N) is 4. The van der Waals surface area contributed by atoms with Crippen LogP contribution in [0, 0.1) is 20.8 Å². The maximum absolute atomic E-state index is 12.4. The van der Waals surface area contributed by atoms with Gasteiger partial charge in [0.1, 0.15) is 5.75 Å². The number of benzene rings is 2. The molecule has 4 rings (SSSR count). The zero-order valence-electron chi connectivity index (χ0n) is 18.5. The van der Waals surface area contributed by atoms with Crippen LogP contribution in [0.2, 0.25) is 0 Å². The van der Waals surface area contributed by atoms with Gasteiger partial charge in [0.15, 0.2) is 0 Å². The standard InChI is InChI=1S/C24H25N5O2S/c1-15-7-5-8-18(11-15)12-21-16(2)25-23-27-24(28-29(23)17(21)3)32-14-22(30)26-19-9-6-10-20(13-19)31-4/h5-11,13H,12,14H2,1-4H3,(H,26,30). The van der Waals surface area contributed by atoms with E-state index in [0.717, 1.165) is 23.4 Å². The zero-order chi connectivity index (χ0) is 22.7. The third-order valence-corrected chi connectivity index (χ3v) is 6.02. The molecule has 0 spiro atoms. The molecule has 0 atom stereocenters. The normalized spacial score (nSPS) is 11.0. The van der Waals surface area contributed by atoms with Gasteiger partial charge in [0.05, 0.1) is 12.9 Å². The summed E-state index contributed by atoms with van der Waals surface area (Å²) in [7, 11) is 1.59. The maximum Gasteiger partial charge on any atom is 0.253 e. The van der Waals surface area contributed by atoms with Crippen LogP contribution >= 0.6 is 11.8 Å². The van der Waals surface area contributed by atoms with Gasteiger partial charge in [-0.05, 0) is 44.0 Å². The summed E-state index contributed by atoms with van der Waals surface area (Å²) < 4.78 is 6.95. The first-order valence-corrected chi connectivity index (χ1v) is 11.3. The van der Waals surface area contributed by atoms with Crippen LogP contribution in [-0.2, 0) is 11.2 Å². The number of hydrogen-bond donors (Lipinski definition) is 1. The van der Waals surface area contributed by atoms with E-state index in [1.807, 2.05) is 32.0 Å². The fraction of sp³-hybridized carbons (Fsp3) is 0.250. The second kappa shape index (κ2) is 9.40. The first-order chi connectivity index (χ1) is 15.4. The van der Waals surface area contributed by atoms with Crippen molar-refractivity contribution in [3.8, 4) is 5.75 Å². The van der Waals surface area contributed by atoms with E-state index in [0.29, 0.717) is 22.4 Å². The molecule has 7 nitrogen and oxygen atoms in total. The van der Waals surface area contributed by atoms with Crippen molar-refractivity contribution in [3.05, 3.63) is 76.6 Å². The van der Waals surface area contributed by atoms with E-state index in [1.165, 1.54) is 22.9 Å². The second-order valence-electron chi connectivity index (χ2n) is 7.60. The summed E-state index contributed by atoms with van der Waals surface area (Å²) in [6.45, 7) is 6.13. The van der Waals surface area contributed by atoms with Crippen molar-refractivity contribution < 1.29 is 9.53 Å². The lowest BCUT2D eigenvalue weighted by Gasteiger charge is -2.10. The number of ether oxygens (including phenoxy) is 1. The lowest BCUT2D eigenvalue weighted by atomic mass is 10.0. The summed E-state index contributed by atoms with van der Waals surface area (Å²) >= 11 is 1.28. The van der Waals surface area contributed by atoms with Crippen LogP contribution in [0.25, 0.3) is 5.78 Å². The van der Waals surface area contributed by atoms with Crippen molar-refractivity contribution >= 4 is 29.1 Å². The van der Waals surface area contributed by atoms with Gasteiger partial charge in [0.25, 0.3) is 5.78 Å². The number of carbonyl (C=O) groups excluding carboxylic acids is 1. The van der Waals surface area contributed by atoms with Gasteiger partial charge in [-0.25, -0.2) is 9.50 Å². The molecule has 0 aliphatic carbocycles. The number of aromatic nitrogens is 4. The van der Waals surface area contributed by atoms with Crippen molar-refractivity contribution in [3.63, 3.8) is 0 Å². The summed E-state index contributed by atoms with van der Waals surface area (Å²) in [6.07, 6.45) is 0.785. The van der Waals surface area contributed by atoms with E-state index in [-0.39, 0.29) is 11.7 Å². The van der Waals surface area contributed by atoms with E-state index < -0.39 is 0 Å². The van der Waals surface area contributed by atoms with Crippen molar-refractivity contribution in [2.45, 2.75) is 32.3 Å². The molecule has 0 fully saturated rings. The van der Waals surface area contributed by atoms with Gasteiger partial charge in [0.2, 0.25) is 11.1 Å². The fourth-order valence-electron chi connectivity index (χ4n) is 3.56. The predicted molar refractivity (Wildman–Crippen MR) is 127 cm³/mol. The SMILES string of the molecule is COc1cccc(NC(=O)CSc2nc3nc(C)c(Cc4cccc(C)c4)c(C)n3n2)c1. The number of amides is 1. The van der Waals surface area contributed by atoms with Crippen LogP contribution in [0.1, 0.15) is 28.1 Å². The smallest absolute Gasteiger partial charge is 0.253 e. The highest BCUT2D eigenvalue weighted by atomic mass is 32.2. The van der Waals surface area contributed by atoms with Gasteiger partial charge in [-0.3, -0.25) is 4.79 Å². The molecule has 2 aromatic heterocycles. The number of carbonyl (C=O) groups is 1. The number of methoxy groups -OCH3 is 1. The monoisotopic (exact) mass is 447 g/mol. The molecular weight excluding hydrogens is 422 g/mol. The molecule has 164 valence electrons. The molecule has 8 heteroatoms. The van der Waals surface area contributed by atoms with E-state index in [4.69, 9.17) is 4.74 Å². The third kappa shape index (κ3) is 4.91. The number of anilines is 1. The van der Waals surface area contributed by atoms with Gasteiger partial charge in [-0.2, -0.15) is 4.98 Å². The van der Waals surface area contributed by atoms with Gasteiger partial charge in [-0.15, -0.1) is 5.10 Å². The Morgan fingerprint density at radius 2 is 1.91 bits per heavy atom. The molecular formula is C24H25N5O2S. The summed E-state index contributed by atoms with van der Waals surface area (Å²) in [5.74, 6) is 1.30. The Bertz CT molecular complexity index is 1280. The quantitative estimate of drug-likeness (QED) is 0.424. The number of nitrogens with one attached hydrogen (secondary N) is 1. The first-order valence-electron chi connectivity index (χ1n) is 10.3. The number of aryl methyl sites for hydroxylation is 3. The van der Waals surface area contributed by atoms with Crippen molar-refractivity contribution in [2.24, 2.45) is 0 Å². The molecule has 32 heavy (non-hydrogen) atoms. The summed E-state index contributed by atoms with van der Waals surface area (Å²) in [5, 5.41) is 7.97. The highest BCUT2D eigenvalue weighted by molar-refractivity contribution is 7.99. The number of fused-ring (bicyclic) bond motifs is 1. The highest BCUT2D eigenvalue weighted by Crippen LogP contribution is 2.22. The molecule has 0 radical (unpaired) electrons. The maximum atomic E-state index is 12.4. The molecule has 2 heterocycles.